The number of hydrogen-bond acceptors (Lipinski definition) is 4. The summed E-state index contributed by atoms with van der Waals surface area (Å²) in [6.45, 7) is 0.752. The molecule has 4 nitrogen and oxygen atoms in total. The Kier molecular flexibility index (Phi) is 1.78. The first kappa shape index (κ1) is 8.23. The Morgan fingerprint density at radius 1 is 1.07 bits per heavy atom. The summed E-state index contributed by atoms with van der Waals surface area (Å²) in [6.07, 6.45) is 5.44. The van der Waals surface area contributed by atoms with Crippen LogP contribution in [0.2, 0.25) is 0 Å². The highest BCUT2D eigenvalue weighted by atomic mass is 15.2. The fourth-order valence-electron chi connectivity index (χ4n) is 1.67. The van der Waals surface area contributed by atoms with Gasteiger partial charge in [0.15, 0.2) is 5.82 Å². The molecule has 0 radical (unpaired) electrons. The van der Waals surface area contributed by atoms with Gasteiger partial charge in [-0.05, 0) is 23.8 Å². The molecule has 0 unspecified atom stereocenters. The predicted molar refractivity (Wildman–Crippen MR) is 59.6 cm³/mol. The molecule has 0 bridgehead atoms. The number of fused-ring (bicyclic) bond motifs is 1. The van der Waals surface area contributed by atoms with Gasteiger partial charge in [-0.1, -0.05) is 0 Å². The maximum atomic E-state index is 4.34. The number of rotatable bonds is 1. The normalized spacial score (nSPS) is 12.8. The van der Waals surface area contributed by atoms with Crippen LogP contribution in [-0.2, 0) is 0 Å². The van der Waals surface area contributed by atoms with E-state index in [0.29, 0.717) is 0 Å². The highest BCUT2D eigenvalue weighted by molar-refractivity contribution is 5.76. The zero-order valence-electron chi connectivity index (χ0n) is 8.07. The molecule has 0 saturated heterocycles. The molecule has 0 fully saturated rings. The smallest absolute Gasteiger partial charge is 0.150 e. The van der Waals surface area contributed by atoms with Gasteiger partial charge in [-0.15, -0.1) is 0 Å². The van der Waals surface area contributed by atoms with E-state index in [-0.39, 0.29) is 0 Å². The predicted octanol–water partition coefficient (Wildman–Crippen LogP) is 1.94. The molecule has 0 atom stereocenters. The van der Waals surface area contributed by atoms with Gasteiger partial charge in [-0.2, -0.15) is 0 Å². The summed E-state index contributed by atoms with van der Waals surface area (Å²) in [5.41, 5.74) is 3.30. The van der Waals surface area contributed by atoms with E-state index in [1.807, 2.05) is 18.3 Å². The lowest BCUT2D eigenvalue weighted by molar-refractivity contribution is 1.27. The van der Waals surface area contributed by atoms with E-state index < -0.39 is 0 Å². The molecule has 2 aromatic heterocycles. The average molecular weight is 198 g/mol. The van der Waals surface area contributed by atoms with E-state index in [1.165, 1.54) is 0 Å². The van der Waals surface area contributed by atoms with Gasteiger partial charge in [0.05, 0.1) is 12.4 Å². The molecule has 0 aliphatic carbocycles. The van der Waals surface area contributed by atoms with E-state index in [2.05, 4.69) is 26.7 Å². The molecule has 0 aromatic carbocycles. The van der Waals surface area contributed by atoms with Crippen molar-refractivity contribution in [1.29, 1.82) is 0 Å². The van der Waals surface area contributed by atoms with Gasteiger partial charge in [0, 0.05) is 24.2 Å². The van der Waals surface area contributed by atoms with Crippen molar-refractivity contribution in [1.82, 2.24) is 9.97 Å². The molecule has 4 heteroatoms. The molecule has 74 valence electrons. The van der Waals surface area contributed by atoms with E-state index in [1.54, 1.807) is 12.4 Å². The molecular formula is C11H10N4. The second-order valence-corrected chi connectivity index (χ2v) is 3.39. The first-order chi connectivity index (χ1) is 7.43. The summed E-state index contributed by atoms with van der Waals surface area (Å²) in [7, 11) is 0. The number of aromatic nitrogens is 2. The molecule has 15 heavy (non-hydrogen) atoms. The van der Waals surface area contributed by atoms with Crippen LogP contribution in [0.25, 0.3) is 11.1 Å². The minimum absolute atomic E-state index is 0.752. The van der Waals surface area contributed by atoms with Crippen molar-refractivity contribution in [2.24, 2.45) is 0 Å². The minimum Gasteiger partial charge on any atom is -0.365 e. The third-order valence-corrected chi connectivity index (χ3v) is 2.44. The van der Waals surface area contributed by atoms with Gasteiger partial charge in [-0.3, -0.25) is 4.98 Å². The molecule has 1 aliphatic rings. The summed E-state index contributed by atoms with van der Waals surface area (Å²) in [4.78, 5) is 8.34. The molecule has 0 amide bonds. The van der Waals surface area contributed by atoms with Gasteiger partial charge >= 0.3 is 0 Å². The van der Waals surface area contributed by atoms with Gasteiger partial charge in [0.2, 0.25) is 0 Å². The van der Waals surface area contributed by atoms with E-state index >= 15 is 0 Å². The topological polar surface area (TPSA) is 49.8 Å². The van der Waals surface area contributed by atoms with Crippen molar-refractivity contribution in [3.63, 3.8) is 0 Å². The third kappa shape index (κ3) is 1.40. The fraction of sp³-hybridized carbons (Fsp3) is 0.0909. The lowest BCUT2D eigenvalue weighted by Crippen LogP contribution is -1.99. The second kappa shape index (κ2) is 3.24. The van der Waals surface area contributed by atoms with E-state index in [0.717, 1.165) is 29.3 Å². The van der Waals surface area contributed by atoms with Crippen molar-refractivity contribution in [2.75, 3.05) is 17.3 Å². The minimum atomic E-state index is 0.752. The van der Waals surface area contributed by atoms with Gasteiger partial charge in [0.1, 0.15) is 0 Å². The van der Waals surface area contributed by atoms with Crippen LogP contribution >= 0.6 is 0 Å². The molecule has 3 heterocycles. The Morgan fingerprint density at radius 3 is 2.80 bits per heavy atom. The van der Waals surface area contributed by atoms with E-state index in [4.69, 9.17) is 0 Å². The molecule has 3 rings (SSSR count). The number of nitrogens with zero attached hydrogens (tertiary/aromatic N) is 2. The summed E-state index contributed by atoms with van der Waals surface area (Å²) in [5, 5.41) is 6.37. The SMILES string of the molecule is c1cc(-c2cnc3c(c2)NCN3)ccn1. The Hall–Kier alpha value is -2.10. The van der Waals surface area contributed by atoms with Crippen LogP contribution in [0.5, 0.6) is 0 Å². The van der Waals surface area contributed by atoms with Crippen molar-refractivity contribution < 1.29 is 0 Å². The van der Waals surface area contributed by atoms with Gasteiger partial charge < -0.3 is 10.6 Å². The first-order valence-corrected chi connectivity index (χ1v) is 4.82. The van der Waals surface area contributed by atoms with Gasteiger partial charge in [-0.25, -0.2) is 4.98 Å². The van der Waals surface area contributed by atoms with Crippen molar-refractivity contribution >= 4 is 11.5 Å². The molecular weight excluding hydrogens is 188 g/mol. The largest absolute Gasteiger partial charge is 0.365 e. The number of anilines is 2. The molecule has 2 N–H and O–H groups in total. The quantitative estimate of drug-likeness (QED) is 0.735. The summed E-state index contributed by atoms with van der Waals surface area (Å²) in [5.74, 6) is 0.924. The third-order valence-electron chi connectivity index (χ3n) is 2.44. The van der Waals surface area contributed by atoms with Crippen molar-refractivity contribution in [3.8, 4) is 11.1 Å². The Balaban J connectivity index is 2.07. The van der Waals surface area contributed by atoms with Crippen molar-refractivity contribution in [3.05, 3.63) is 36.8 Å². The molecule has 0 spiro atoms. The average Bonchev–Trinajstić information content (AvgIpc) is 2.77. The molecule has 1 aliphatic heterocycles. The Bertz CT molecular complexity index is 481. The van der Waals surface area contributed by atoms with Crippen LogP contribution in [0, 0.1) is 0 Å². The highest BCUT2D eigenvalue weighted by Crippen LogP contribution is 2.28. The lowest BCUT2D eigenvalue weighted by atomic mass is 10.1. The van der Waals surface area contributed by atoms with Crippen LogP contribution < -0.4 is 10.6 Å². The van der Waals surface area contributed by atoms with Crippen molar-refractivity contribution in [2.45, 2.75) is 0 Å². The Labute approximate surface area is 87.4 Å². The maximum Gasteiger partial charge on any atom is 0.150 e. The van der Waals surface area contributed by atoms with Crippen LogP contribution in [0.4, 0.5) is 11.5 Å². The maximum absolute atomic E-state index is 4.34. The van der Waals surface area contributed by atoms with Crippen LogP contribution in [0.3, 0.4) is 0 Å². The first-order valence-electron chi connectivity index (χ1n) is 4.82. The summed E-state index contributed by atoms with van der Waals surface area (Å²) < 4.78 is 0. The number of pyridine rings is 2. The second-order valence-electron chi connectivity index (χ2n) is 3.39. The monoisotopic (exact) mass is 198 g/mol. The van der Waals surface area contributed by atoms with Gasteiger partial charge in [0.25, 0.3) is 0 Å². The van der Waals surface area contributed by atoms with E-state index in [9.17, 15) is 0 Å². The summed E-state index contributed by atoms with van der Waals surface area (Å²) >= 11 is 0. The summed E-state index contributed by atoms with van der Waals surface area (Å²) in [6, 6.07) is 6.05. The lowest BCUT2D eigenvalue weighted by Gasteiger charge is -2.03. The van der Waals surface area contributed by atoms with Crippen LogP contribution in [0.15, 0.2) is 36.8 Å². The zero-order chi connectivity index (χ0) is 10.1. The molecule has 0 saturated carbocycles. The van der Waals surface area contributed by atoms with Crippen LogP contribution in [-0.4, -0.2) is 16.6 Å². The molecule has 2 aromatic rings. The standard InChI is InChI=1S/C11H10N4/c1-3-12-4-2-8(1)9-5-10-11(13-6-9)15-7-14-10/h1-6,14H,7H2,(H,13,15). The van der Waals surface area contributed by atoms with Crippen LogP contribution in [0.1, 0.15) is 0 Å². The Morgan fingerprint density at radius 2 is 1.93 bits per heavy atom. The number of nitrogens with one attached hydrogen (secondary N) is 2. The highest BCUT2D eigenvalue weighted by Gasteiger charge is 2.10. The fourth-order valence-corrected chi connectivity index (χ4v) is 1.67. The zero-order valence-corrected chi connectivity index (χ0v) is 8.07. The number of hydrogen-bond donors (Lipinski definition) is 2.